The van der Waals surface area contributed by atoms with E-state index in [9.17, 15) is 0 Å². The van der Waals surface area contributed by atoms with E-state index in [2.05, 4.69) is 42.2 Å². The summed E-state index contributed by atoms with van der Waals surface area (Å²) in [4.78, 5) is 4.95. The van der Waals surface area contributed by atoms with Crippen molar-refractivity contribution >= 4 is 16.6 Å². The first-order valence-electron chi connectivity index (χ1n) is 11.0. The lowest BCUT2D eigenvalue weighted by molar-refractivity contribution is 0.0506. The molecular formula is C25H28N4O. The summed E-state index contributed by atoms with van der Waals surface area (Å²) in [6, 6.07) is 16.2. The fourth-order valence-electron chi connectivity index (χ4n) is 4.74. The highest BCUT2D eigenvalue weighted by Crippen LogP contribution is 2.43. The van der Waals surface area contributed by atoms with Gasteiger partial charge in [-0.1, -0.05) is 57.4 Å². The van der Waals surface area contributed by atoms with Crippen LogP contribution in [0.3, 0.4) is 0 Å². The minimum Gasteiger partial charge on any atom is -0.491 e. The van der Waals surface area contributed by atoms with Gasteiger partial charge >= 0.3 is 0 Å². The molecule has 5 heteroatoms. The van der Waals surface area contributed by atoms with Crippen molar-refractivity contribution in [1.29, 1.82) is 0 Å². The SMILES string of the molecule is CC(C)C1(COc2cccc3ccc(-c4nnc5ccccn45)nc23)CCCCC1. The lowest BCUT2D eigenvalue weighted by Gasteiger charge is -2.40. The van der Waals surface area contributed by atoms with E-state index in [1.807, 2.05) is 40.9 Å². The minimum atomic E-state index is 0.265. The van der Waals surface area contributed by atoms with Crippen molar-refractivity contribution in [2.45, 2.75) is 46.0 Å². The van der Waals surface area contributed by atoms with Crippen molar-refractivity contribution in [3.63, 3.8) is 0 Å². The Balaban J connectivity index is 1.51. The van der Waals surface area contributed by atoms with Gasteiger partial charge < -0.3 is 4.74 Å². The molecule has 1 aromatic carbocycles. The molecule has 0 saturated heterocycles. The lowest BCUT2D eigenvalue weighted by atomic mass is 9.67. The van der Waals surface area contributed by atoms with E-state index in [-0.39, 0.29) is 5.41 Å². The van der Waals surface area contributed by atoms with Gasteiger partial charge in [0.15, 0.2) is 11.5 Å². The third-order valence-electron chi connectivity index (χ3n) is 6.82. The van der Waals surface area contributed by atoms with Crippen LogP contribution >= 0.6 is 0 Å². The molecular weight excluding hydrogens is 372 g/mol. The van der Waals surface area contributed by atoms with Crippen LogP contribution in [0.2, 0.25) is 0 Å². The van der Waals surface area contributed by atoms with E-state index < -0.39 is 0 Å². The molecule has 0 amide bonds. The van der Waals surface area contributed by atoms with Crippen LogP contribution in [-0.2, 0) is 0 Å². The van der Waals surface area contributed by atoms with Gasteiger partial charge in [0, 0.05) is 17.0 Å². The largest absolute Gasteiger partial charge is 0.491 e. The number of fused-ring (bicyclic) bond motifs is 2. The van der Waals surface area contributed by atoms with E-state index in [0.29, 0.717) is 5.92 Å². The topological polar surface area (TPSA) is 52.3 Å². The van der Waals surface area contributed by atoms with Crippen LogP contribution in [-0.4, -0.2) is 26.2 Å². The normalized spacial score (nSPS) is 16.4. The summed E-state index contributed by atoms with van der Waals surface area (Å²) in [6.07, 6.45) is 8.42. The third kappa shape index (κ3) is 3.32. The number of para-hydroxylation sites is 1. The van der Waals surface area contributed by atoms with Gasteiger partial charge in [0.05, 0.1) is 6.61 Å². The molecule has 0 atom stereocenters. The third-order valence-corrected chi connectivity index (χ3v) is 6.82. The first-order valence-corrected chi connectivity index (χ1v) is 11.0. The molecule has 0 radical (unpaired) electrons. The predicted molar refractivity (Wildman–Crippen MR) is 120 cm³/mol. The summed E-state index contributed by atoms with van der Waals surface area (Å²) in [7, 11) is 0. The molecule has 0 unspecified atom stereocenters. The predicted octanol–water partition coefficient (Wildman–Crippen LogP) is 5.93. The number of rotatable bonds is 5. The van der Waals surface area contributed by atoms with Crippen molar-refractivity contribution < 1.29 is 4.74 Å². The number of pyridine rings is 2. The highest BCUT2D eigenvalue weighted by Gasteiger charge is 2.36. The van der Waals surface area contributed by atoms with Gasteiger partial charge in [-0.2, -0.15) is 0 Å². The molecule has 0 bridgehead atoms. The van der Waals surface area contributed by atoms with Gasteiger partial charge in [-0.15, -0.1) is 10.2 Å². The van der Waals surface area contributed by atoms with Crippen molar-refractivity contribution in [3.05, 3.63) is 54.7 Å². The number of nitrogens with zero attached hydrogens (tertiary/aromatic N) is 4. The highest BCUT2D eigenvalue weighted by atomic mass is 16.5. The number of hydrogen-bond donors (Lipinski definition) is 0. The van der Waals surface area contributed by atoms with Gasteiger partial charge in [-0.05, 0) is 43.0 Å². The Bertz CT molecular complexity index is 1170. The summed E-state index contributed by atoms with van der Waals surface area (Å²) >= 11 is 0. The summed E-state index contributed by atoms with van der Waals surface area (Å²) in [5.74, 6) is 2.21. The molecule has 1 saturated carbocycles. The molecule has 5 nitrogen and oxygen atoms in total. The van der Waals surface area contributed by atoms with Gasteiger partial charge in [0.2, 0.25) is 0 Å². The fraction of sp³-hybridized carbons (Fsp3) is 0.400. The van der Waals surface area contributed by atoms with Crippen LogP contribution in [0.4, 0.5) is 0 Å². The maximum atomic E-state index is 6.48. The van der Waals surface area contributed by atoms with E-state index in [4.69, 9.17) is 9.72 Å². The number of ether oxygens (including phenoxy) is 1. The second-order valence-corrected chi connectivity index (χ2v) is 8.84. The summed E-state index contributed by atoms with van der Waals surface area (Å²) in [5, 5.41) is 9.71. The number of benzene rings is 1. The fourth-order valence-corrected chi connectivity index (χ4v) is 4.74. The Labute approximate surface area is 177 Å². The second kappa shape index (κ2) is 7.71. The van der Waals surface area contributed by atoms with Crippen molar-refractivity contribution in [2.75, 3.05) is 6.61 Å². The molecule has 30 heavy (non-hydrogen) atoms. The van der Waals surface area contributed by atoms with Crippen molar-refractivity contribution in [1.82, 2.24) is 19.6 Å². The molecule has 0 N–H and O–H groups in total. The van der Waals surface area contributed by atoms with Crippen LogP contribution in [0, 0.1) is 11.3 Å². The zero-order valence-corrected chi connectivity index (χ0v) is 17.7. The van der Waals surface area contributed by atoms with E-state index in [0.717, 1.165) is 40.4 Å². The average molecular weight is 401 g/mol. The molecule has 1 aliphatic carbocycles. The lowest BCUT2D eigenvalue weighted by Crippen LogP contribution is -2.36. The van der Waals surface area contributed by atoms with E-state index in [1.165, 1.54) is 32.1 Å². The van der Waals surface area contributed by atoms with Gasteiger partial charge in [0.1, 0.15) is 17.0 Å². The van der Waals surface area contributed by atoms with Crippen LogP contribution in [0.15, 0.2) is 54.7 Å². The maximum absolute atomic E-state index is 6.48. The second-order valence-electron chi connectivity index (χ2n) is 8.84. The molecule has 3 heterocycles. The van der Waals surface area contributed by atoms with Crippen LogP contribution in [0.5, 0.6) is 5.75 Å². The Hall–Kier alpha value is -2.95. The van der Waals surface area contributed by atoms with Crippen molar-refractivity contribution in [2.24, 2.45) is 11.3 Å². The van der Waals surface area contributed by atoms with E-state index >= 15 is 0 Å². The van der Waals surface area contributed by atoms with Crippen LogP contribution in [0.25, 0.3) is 28.1 Å². The van der Waals surface area contributed by atoms with E-state index in [1.54, 1.807) is 0 Å². The average Bonchev–Trinajstić information content (AvgIpc) is 3.22. The smallest absolute Gasteiger partial charge is 0.187 e. The molecule has 3 aromatic heterocycles. The molecule has 0 aliphatic heterocycles. The Morgan fingerprint density at radius 1 is 0.967 bits per heavy atom. The molecule has 154 valence electrons. The Morgan fingerprint density at radius 2 is 1.83 bits per heavy atom. The quantitative estimate of drug-likeness (QED) is 0.417. The zero-order chi connectivity index (χ0) is 20.6. The van der Waals surface area contributed by atoms with Gasteiger partial charge in [-0.25, -0.2) is 4.98 Å². The highest BCUT2D eigenvalue weighted by molar-refractivity contribution is 5.86. The molecule has 1 aliphatic rings. The van der Waals surface area contributed by atoms with Gasteiger partial charge in [-0.3, -0.25) is 4.40 Å². The zero-order valence-electron chi connectivity index (χ0n) is 17.7. The Kier molecular flexibility index (Phi) is 4.89. The molecule has 5 rings (SSSR count). The molecule has 4 aromatic rings. The Morgan fingerprint density at radius 3 is 2.67 bits per heavy atom. The first kappa shape index (κ1) is 19.0. The number of hydrogen-bond acceptors (Lipinski definition) is 4. The standard InChI is InChI=1S/C25H28N4O/c1-18(2)25(14-5-3-6-15-25)17-30-21-10-8-9-19-12-13-20(26-23(19)21)24-28-27-22-11-4-7-16-29(22)24/h4,7-13,16,18H,3,5-6,14-15,17H2,1-2H3. The van der Waals surface area contributed by atoms with Gasteiger partial charge in [0.25, 0.3) is 0 Å². The van der Waals surface area contributed by atoms with Crippen LogP contribution in [0.1, 0.15) is 46.0 Å². The molecule has 1 fully saturated rings. The first-order chi connectivity index (χ1) is 14.7. The maximum Gasteiger partial charge on any atom is 0.187 e. The van der Waals surface area contributed by atoms with Crippen molar-refractivity contribution in [3.8, 4) is 17.3 Å². The summed E-state index contributed by atoms with van der Waals surface area (Å²) in [6.45, 7) is 5.43. The minimum absolute atomic E-state index is 0.265. The molecule has 0 spiro atoms. The number of aromatic nitrogens is 4. The monoisotopic (exact) mass is 400 g/mol. The summed E-state index contributed by atoms with van der Waals surface area (Å²) in [5.41, 5.74) is 2.77. The summed E-state index contributed by atoms with van der Waals surface area (Å²) < 4.78 is 8.44. The van der Waals surface area contributed by atoms with Crippen LogP contribution < -0.4 is 4.74 Å².